The van der Waals surface area contributed by atoms with Gasteiger partial charge in [0.2, 0.25) is 6.10 Å². The Balaban J connectivity index is 2.90. The highest BCUT2D eigenvalue weighted by Crippen LogP contribution is 2.30. The van der Waals surface area contributed by atoms with Crippen molar-refractivity contribution in [2.45, 2.75) is 12.3 Å². The van der Waals surface area contributed by atoms with Crippen molar-refractivity contribution < 1.29 is 22.7 Å². The highest BCUT2D eigenvalue weighted by atomic mass is 19.4. The largest absolute Gasteiger partial charge is 0.426 e. The Bertz CT molecular complexity index is 463. The molecule has 0 fully saturated rings. The number of benzene rings is 1. The number of ether oxygens (including phenoxy) is 1. The van der Waals surface area contributed by atoms with Crippen LogP contribution in [0.4, 0.5) is 18.0 Å². The fourth-order valence-corrected chi connectivity index (χ4v) is 1.18. The number of carbonyl (C=O) groups is 1. The molecule has 0 aliphatic rings. The van der Waals surface area contributed by atoms with Crippen LogP contribution in [-0.4, -0.2) is 13.1 Å². The van der Waals surface area contributed by atoms with Crippen LogP contribution in [0.15, 0.2) is 24.3 Å². The van der Waals surface area contributed by atoms with Gasteiger partial charge in [0.1, 0.15) is 6.07 Å². The van der Waals surface area contributed by atoms with Crippen molar-refractivity contribution >= 4 is 6.09 Å². The zero-order chi connectivity index (χ0) is 13.8. The van der Waals surface area contributed by atoms with E-state index in [4.69, 9.17) is 5.26 Å². The fraction of sp³-hybridized carbons (Fsp3) is 0.273. The molecule has 1 aromatic carbocycles. The molecular formula is C11H9F3N2O2. The van der Waals surface area contributed by atoms with E-state index in [1.165, 1.54) is 7.05 Å². The second-order valence-electron chi connectivity index (χ2n) is 3.28. The first kappa shape index (κ1) is 13.8. The van der Waals surface area contributed by atoms with Crippen molar-refractivity contribution in [1.29, 1.82) is 5.26 Å². The molecule has 7 heteroatoms. The van der Waals surface area contributed by atoms with Gasteiger partial charge in [-0.1, -0.05) is 12.1 Å². The van der Waals surface area contributed by atoms with Crippen molar-refractivity contribution in [3.05, 3.63) is 35.4 Å². The number of amides is 1. The number of nitriles is 1. The quantitative estimate of drug-likeness (QED) is 0.886. The molecule has 1 atom stereocenters. The lowest BCUT2D eigenvalue weighted by Gasteiger charge is -2.12. The molecule has 0 saturated carbocycles. The average Bonchev–Trinajstić information content (AvgIpc) is 2.34. The molecule has 1 aromatic rings. The van der Waals surface area contributed by atoms with Gasteiger partial charge in [0, 0.05) is 12.6 Å². The zero-order valence-electron chi connectivity index (χ0n) is 9.28. The van der Waals surface area contributed by atoms with Crippen LogP contribution in [0.2, 0.25) is 0 Å². The predicted octanol–water partition coefficient (Wildman–Crippen LogP) is 2.63. The molecule has 0 aliphatic heterocycles. The summed E-state index contributed by atoms with van der Waals surface area (Å²) in [6.45, 7) is 0. The minimum Gasteiger partial charge on any atom is -0.426 e. The van der Waals surface area contributed by atoms with Gasteiger partial charge in [-0.3, -0.25) is 0 Å². The molecule has 0 aromatic heterocycles. The summed E-state index contributed by atoms with van der Waals surface area (Å²) < 4.78 is 41.6. The number of rotatable bonds is 2. The third-order valence-electron chi connectivity index (χ3n) is 2.09. The number of nitrogens with one attached hydrogen (secondary N) is 1. The van der Waals surface area contributed by atoms with Gasteiger partial charge in [-0.05, 0) is 12.1 Å². The highest BCUT2D eigenvalue weighted by molar-refractivity contribution is 5.67. The van der Waals surface area contributed by atoms with E-state index in [1.807, 2.05) is 0 Å². The molecular weight excluding hydrogens is 249 g/mol. The maximum absolute atomic E-state index is 12.3. The van der Waals surface area contributed by atoms with Gasteiger partial charge in [0.15, 0.2) is 0 Å². The van der Waals surface area contributed by atoms with Crippen LogP contribution in [0, 0.1) is 11.3 Å². The van der Waals surface area contributed by atoms with E-state index in [1.54, 1.807) is 6.07 Å². The van der Waals surface area contributed by atoms with Crippen LogP contribution in [0.25, 0.3) is 0 Å². The molecule has 96 valence electrons. The molecule has 0 spiro atoms. The van der Waals surface area contributed by atoms with Crippen LogP contribution in [0.3, 0.4) is 0 Å². The Morgan fingerprint density at radius 1 is 1.39 bits per heavy atom. The summed E-state index contributed by atoms with van der Waals surface area (Å²) in [5.74, 6) is 0. The summed E-state index contributed by atoms with van der Waals surface area (Å²) in [6.07, 6.45) is -6.52. The van der Waals surface area contributed by atoms with Crippen molar-refractivity contribution in [1.82, 2.24) is 5.32 Å². The van der Waals surface area contributed by atoms with E-state index in [-0.39, 0.29) is 5.56 Å². The Labute approximate surface area is 101 Å². The Morgan fingerprint density at radius 3 is 2.33 bits per heavy atom. The number of hydrogen-bond donors (Lipinski definition) is 1. The molecule has 1 rings (SSSR count). The monoisotopic (exact) mass is 258 g/mol. The summed E-state index contributed by atoms with van der Waals surface area (Å²) in [6, 6.07) is 5.52. The lowest BCUT2D eigenvalue weighted by molar-refractivity contribution is -0.137. The molecule has 1 amide bonds. The van der Waals surface area contributed by atoms with Crippen LogP contribution < -0.4 is 5.32 Å². The lowest BCUT2D eigenvalue weighted by Crippen LogP contribution is -2.21. The van der Waals surface area contributed by atoms with Crippen LogP contribution in [0.1, 0.15) is 17.2 Å². The van der Waals surface area contributed by atoms with E-state index in [0.717, 1.165) is 24.3 Å². The van der Waals surface area contributed by atoms with E-state index in [0.29, 0.717) is 0 Å². The first-order valence-electron chi connectivity index (χ1n) is 4.83. The van der Waals surface area contributed by atoms with Gasteiger partial charge in [-0.25, -0.2) is 4.79 Å². The third-order valence-corrected chi connectivity index (χ3v) is 2.09. The predicted molar refractivity (Wildman–Crippen MR) is 55.3 cm³/mol. The van der Waals surface area contributed by atoms with Gasteiger partial charge >= 0.3 is 12.3 Å². The van der Waals surface area contributed by atoms with Crippen LogP contribution >= 0.6 is 0 Å². The normalized spacial score (nSPS) is 12.4. The van der Waals surface area contributed by atoms with Gasteiger partial charge in [0.05, 0.1) is 5.56 Å². The SMILES string of the molecule is CNC(=O)OC(C#N)c1ccc(C(F)(F)F)cc1. The summed E-state index contributed by atoms with van der Waals surface area (Å²) in [5, 5.41) is 10.9. The first-order chi connectivity index (χ1) is 8.38. The van der Waals surface area contributed by atoms with Crippen molar-refractivity contribution in [2.24, 2.45) is 0 Å². The summed E-state index contributed by atoms with van der Waals surface area (Å²) >= 11 is 0. The molecule has 0 radical (unpaired) electrons. The van der Waals surface area contributed by atoms with Gasteiger partial charge in [0.25, 0.3) is 0 Å². The summed E-state index contributed by atoms with van der Waals surface area (Å²) in [4.78, 5) is 10.9. The Hall–Kier alpha value is -2.23. The number of nitrogens with zero attached hydrogens (tertiary/aromatic N) is 1. The van der Waals surface area contributed by atoms with E-state index >= 15 is 0 Å². The molecule has 18 heavy (non-hydrogen) atoms. The van der Waals surface area contributed by atoms with Crippen LogP contribution in [0.5, 0.6) is 0 Å². The fourth-order valence-electron chi connectivity index (χ4n) is 1.18. The van der Waals surface area contributed by atoms with E-state index < -0.39 is 23.9 Å². The van der Waals surface area contributed by atoms with Crippen LogP contribution in [-0.2, 0) is 10.9 Å². The average molecular weight is 258 g/mol. The third kappa shape index (κ3) is 3.38. The summed E-state index contributed by atoms with van der Waals surface area (Å²) in [7, 11) is 1.31. The van der Waals surface area contributed by atoms with E-state index in [9.17, 15) is 18.0 Å². The lowest BCUT2D eigenvalue weighted by atomic mass is 10.1. The summed E-state index contributed by atoms with van der Waals surface area (Å²) in [5.41, 5.74) is -0.656. The number of halogens is 3. The molecule has 0 saturated heterocycles. The Kier molecular flexibility index (Phi) is 4.15. The van der Waals surface area contributed by atoms with Crippen molar-refractivity contribution in [3.8, 4) is 6.07 Å². The zero-order valence-corrected chi connectivity index (χ0v) is 9.28. The second-order valence-corrected chi connectivity index (χ2v) is 3.28. The maximum Gasteiger partial charge on any atom is 0.416 e. The second kappa shape index (κ2) is 5.40. The number of alkyl halides is 3. The molecule has 0 heterocycles. The highest BCUT2D eigenvalue weighted by Gasteiger charge is 2.30. The molecule has 0 bridgehead atoms. The minimum absolute atomic E-state index is 0.175. The molecule has 1 unspecified atom stereocenters. The van der Waals surface area contributed by atoms with Crippen molar-refractivity contribution in [2.75, 3.05) is 7.05 Å². The van der Waals surface area contributed by atoms with E-state index in [2.05, 4.69) is 10.1 Å². The molecule has 1 N–H and O–H groups in total. The molecule has 0 aliphatic carbocycles. The maximum atomic E-state index is 12.3. The Morgan fingerprint density at radius 2 is 1.94 bits per heavy atom. The standard InChI is InChI=1S/C11H9F3N2O2/c1-16-10(17)18-9(6-15)7-2-4-8(5-3-7)11(12,13)14/h2-5,9H,1H3,(H,16,17). The minimum atomic E-state index is -4.44. The van der Waals surface area contributed by atoms with Gasteiger partial charge in [-0.2, -0.15) is 18.4 Å². The number of alkyl carbamates (subject to hydrolysis) is 1. The topological polar surface area (TPSA) is 62.1 Å². The number of hydrogen-bond acceptors (Lipinski definition) is 3. The van der Waals surface area contributed by atoms with Crippen molar-refractivity contribution in [3.63, 3.8) is 0 Å². The smallest absolute Gasteiger partial charge is 0.416 e. The van der Waals surface area contributed by atoms with Gasteiger partial charge < -0.3 is 10.1 Å². The molecule has 4 nitrogen and oxygen atoms in total. The number of carbonyl (C=O) groups excluding carboxylic acids is 1. The van der Waals surface area contributed by atoms with Gasteiger partial charge in [-0.15, -0.1) is 0 Å². The first-order valence-corrected chi connectivity index (χ1v) is 4.83.